The number of amides is 1. The number of hydrogen-bond acceptors (Lipinski definition) is 6. The summed E-state index contributed by atoms with van der Waals surface area (Å²) >= 11 is 0. The van der Waals surface area contributed by atoms with Gasteiger partial charge in [0.15, 0.2) is 0 Å². The molecule has 2 aromatic rings. The number of likely N-dealkylation sites (tertiary alicyclic amines) is 1. The molecule has 7 heteroatoms. The highest BCUT2D eigenvalue weighted by Crippen LogP contribution is 2.40. The second-order valence-electron chi connectivity index (χ2n) is 8.17. The third-order valence-corrected chi connectivity index (χ3v) is 6.10. The molecule has 1 saturated heterocycles. The van der Waals surface area contributed by atoms with Gasteiger partial charge in [0.05, 0.1) is 25.3 Å². The van der Waals surface area contributed by atoms with Gasteiger partial charge in [0.25, 0.3) is 11.7 Å². The van der Waals surface area contributed by atoms with E-state index < -0.39 is 17.7 Å². The van der Waals surface area contributed by atoms with Gasteiger partial charge in [0.2, 0.25) is 0 Å². The van der Waals surface area contributed by atoms with E-state index in [-0.39, 0.29) is 11.3 Å². The fourth-order valence-corrected chi connectivity index (χ4v) is 4.14. The Hall–Kier alpha value is -3.32. The summed E-state index contributed by atoms with van der Waals surface area (Å²) in [5, 5.41) is 11.3. The van der Waals surface area contributed by atoms with E-state index in [9.17, 15) is 14.7 Å². The summed E-state index contributed by atoms with van der Waals surface area (Å²) < 4.78 is 11.0. The number of rotatable bonds is 11. The van der Waals surface area contributed by atoms with Crippen LogP contribution in [-0.4, -0.2) is 66.5 Å². The molecule has 0 saturated carbocycles. The van der Waals surface area contributed by atoms with Crippen LogP contribution in [0.15, 0.2) is 54.1 Å². The van der Waals surface area contributed by atoms with E-state index in [1.807, 2.05) is 19.1 Å². The molecule has 1 aliphatic heterocycles. The number of carbonyl (C=O) groups is 2. The number of carbonyl (C=O) groups excluding carboxylic acids is 2. The molecule has 1 unspecified atom stereocenters. The SMILES string of the molecule is CCCOc1cccc(/C(O)=C2/C(=O)C(=O)N(CCN(CC)CC)C2c2ccc(OC)cc2)c1. The Morgan fingerprint density at radius 2 is 1.74 bits per heavy atom. The second kappa shape index (κ2) is 11.7. The summed E-state index contributed by atoms with van der Waals surface area (Å²) in [6, 6.07) is 13.5. The maximum atomic E-state index is 13.2. The number of ketones is 1. The minimum Gasteiger partial charge on any atom is -0.507 e. The molecule has 0 spiro atoms. The predicted octanol–water partition coefficient (Wildman–Crippen LogP) is 4.25. The van der Waals surface area contributed by atoms with Gasteiger partial charge in [-0.3, -0.25) is 9.59 Å². The van der Waals surface area contributed by atoms with Crippen LogP contribution in [0.3, 0.4) is 0 Å². The number of hydrogen-bond donors (Lipinski definition) is 1. The monoisotopic (exact) mass is 466 g/mol. The number of methoxy groups -OCH3 is 1. The molecule has 1 heterocycles. The van der Waals surface area contributed by atoms with Gasteiger partial charge in [0, 0.05) is 18.7 Å². The Morgan fingerprint density at radius 3 is 2.35 bits per heavy atom. The number of likely N-dealkylation sites (N-methyl/N-ethyl adjacent to an activating group) is 1. The second-order valence-corrected chi connectivity index (χ2v) is 8.17. The van der Waals surface area contributed by atoms with E-state index in [0.717, 1.165) is 25.1 Å². The predicted molar refractivity (Wildman–Crippen MR) is 132 cm³/mol. The Labute approximate surface area is 201 Å². The maximum Gasteiger partial charge on any atom is 0.295 e. The van der Waals surface area contributed by atoms with E-state index in [0.29, 0.717) is 36.8 Å². The minimum atomic E-state index is -0.693. The Kier molecular flexibility index (Phi) is 8.71. The van der Waals surface area contributed by atoms with Crippen molar-refractivity contribution in [3.63, 3.8) is 0 Å². The fraction of sp³-hybridized carbons (Fsp3) is 0.407. The van der Waals surface area contributed by atoms with Gasteiger partial charge >= 0.3 is 0 Å². The fourth-order valence-electron chi connectivity index (χ4n) is 4.14. The molecule has 7 nitrogen and oxygen atoms in total. The van der Waals surface area contributed by atoms with Crippen LogP contribution in [0.4, 0.5) is 0 Å². The molecular formula is C27H34N2O5. The Balaban J connectivity index is 2.07. The van der Waals surface area contributed by atoms with Crippen molar-refractivity contribution in [2.45, 2.75) is 33.2 Å². The van der Waals surface area contributed by atoms with Crippen molar-refractivity contribution in [2.75, 3.05) is 39.9 Å². The summed E-state index contributed by atoms with van der Waals surface area (Å²) in [5.74, 6) is -0.218. The topological polar surface area (TPSA) is 79.3 Å². The normalized spacial score (nSPS) is 17.4. The molecule has 182 valence electrons. The van der Waals surface area contributed by atoms with Crippen LogP contribution < -0.4 is 9.47 Å². The lowest BCUT2D eigenvalue weighted by Crippen LogP contribution is -2.38. The lowest BCUT2D eigenvalue weighted by Gasteiger charge is -2.28. The molecule has 1 N–H and O–H groups in total. The van der Waals surface area contributed by atoms with Crippen LogP contribution in [-0.2, 0) is 9.59 Å². The van der Waals surface area contributed by atoms with Crippen LogP contribution in [0.25, 0.3) is 5.76 Å². The first-order valence-electron chi connectivity index (χ1n) is 11.8. The summed E-state index contributed by atoms with van der Waals surface area (Å²) in [6.45, 7) is 9.38. The molecule has 1 aliphatic rings. The molecule has 3 rings (SSSR count). The van der Waals surface area contributed by atoms with Crippen molar-refractivity contribution in [3.8, 4) is 11.5 Å². The summed E-state index contributed by atoms with van der Waals surface area (Å²) in [5.41, 5.74) is 1.26. The summed E-state index contributed by atoms with van der Waals surface area (Å²) in [4.78, 5) is 30.1. The Bertz CT molecular complexity index is 1030. The van der Waals surface area contributed by atoms with Crippen LogP contribution in [0.1, 0.15) is 44.4 Å². The highest BCUT2D eigenvalue weighted by molar-refractivity contribution is 6.46. The average molecular weight is 467 g/mol. The van der Waals surface area contributed by atoms with Gasteiger partial charge < -0.3 is 24.4 Å². The van der Waals surface area contributed by atoms with Crippen molar-refractivity contribution in [2.24, 2.45) is 0 Å². The minimum absolute atomic E-state index is 0.0855. The van der Waals surface area contributed by atoms with Crippen molar-refractivity contribution in [1.82, 2.24) is 9.80 Å². The molecule has 0 aromatic heterocycles. The number of Topliss-reactive ketones (excluding diaryl/α,β-unsaturated/α-hetero) is 1. The number of aliphatic hydroxyl groups excluding tert-OH is 1. The van der Waals surface area contributed by atoms with Gasteiger partial charge in [0.1, 0.15) is 17.3 Å². The van der Waals surface area contributed by atoms with Crippen molar-refractivity contribution >= 4 is 17.4 Å². The van der Waals surface area contributed by atoms with E-state index in [4.69, 9.17) is 9.47 Å². The molecular weight excluding hydrogens is 432 g/mol. The first-order chi connectivity index (χ1) is 16.4. The highest BCUT2D eigenvalue weighted by atomic mass is 16.5. The van der Waals surface area contributed by atoms with Crippen LogP contribution in [0, 0.1) is 0 Å². The zero-order valence-corrected chi connectivity index (χ0v) is 20.4. The molecule has 34 heavy (non-hydrogen) atoms. The summed E-state index contributed by atoms with van der Waals surface area (Å²) in [7, 11) is 1.58. The standard InChI is InChI=1S/C27H34N2O5/c1-5-17-34-22-10-8-9-20(18-22)25(30)23-24(19-11-13-21(33-4)14-12-19)29(27(32)26(23)31)16-15-28(6-2)7-3/h8-14,18,24,30H,5-7,15-17H2,1-4H3/b25-23-. The zero-order chi connectivity index (χ0) is 24.7. The van der Waals surface area contributed by atoms with Crippen molar-refractivity contribution in [3.05, 3.63) is 65.2 Å². The van der Waals surface area contributed by atoms with Gasteiger partial charge in [-0.05, 0) is 49.3 Å². The molecule has 1 atom stereocenters. The number of aliphatic hydroxyl groups is 1. The average Bonchev–Trinajstić information content (AvgIpc) is 3.12. The largest absolute Gasteiger partial charge is 0.507 e. The van der Waals surface area contributed by atoms with Crippen LogP contribution in [0.2, 0.25) is 0 Å². The molecule has 0 aliphatic carbocycles. The third-order valence-electron chi connectivity index (χ3n) is 6.10. The van der Waals surface area contributed by atoms with Crippen molar-refractivity contribution in [1.29, 1.82) is 0 Å². The lowest BCUT2D eigenvalue weighted by atomic mass is 9.95. The van der Waals surface area contributed by atoms with Gasteiger partial charge in [-0.15, -0.1) is 0 Å². The number of nitrogens with zero attached hydrogens (tertiary/aromatic N) is 2. The highest BCUT2D eigenvalue weighted by Gasteiger charge is 2.46. The number of ether oxygens (including phenoxy) is 2. The quantitative estimate of drug-likeness (QED) is 0.303. The zero-order valence-electron chi connectivity index (χ0n) is 20.4. The lowest BCUT2D eigenvalue weighted by molar-refractivity contribution is -0.140. The first-order valence-corrected chi connectivity index (χ1v) is 11.8. The van der Waals surface area contributed by atoms with Gasteiger partial charge in [-0.1, -0.05) is 45.0 Å². The molecule has 1 amide bonds. The first kappa shape index (κ1) is 25.3. The van der Waals surface area contributed by atoms with Crippen LogP contribution >= 0.6 is 0 Å². The smallest absolute Gasteiger partial charge is 0.295 e. The summed E-state index contributed by atoms with van der Waals surface area (Å²) in [6.07, 6.45) is 0.853. The van der Waals surface area contributed by atoms with Crippen LogP contribution in [0.5, 0.6) is 11.5 Å². The molecule has 0 radical (unpaired) electrons. The van der Waals surface area contributed by atoms with E-state index in [1.54, 1.807) is 48.4 Å². The maximum absolute atomic E-state index is 13.2. The van der Waals surface area contributed by atoms with E-state index in [2.05, 4.69) is 18.7 Å². The third kappa shape index (κ3) is 5.42. The van der Waals surface area contributed by atoms with Gasteiger partial charge in [-0.2, -0.15) is 0 Å². The molecule has 2 aromatic carbocycles. The van der Waals surface area contributed by atoms with E-state index in [1.165, 1.54) is 0 Å². The molecule has 0 bridgehead atoms. The van der Waals surface area contributed by atoms with Gasteiger partial charge in [-0.25, -0.2) is 0 Å². The Morgan fingerprint density at radius 1 is 1.03 bits per heavy atom. The molecule has 1 fully saturated rings. The number of benzene rings is 2. The van der Waals surface area contributed by atoms with E-state index >= 15 is 0 Å². The van der Waals surface area contributed by atoms with Crippen molar-refractivity contribution < 1.29 is 24.2 Å².